The quantitative estimate of drug-likeness (QED) is 0.456. The number of benzene rings is 1. The van der Waals surface area contributed by atoms with Gasteiger partial charge in [-0.05, 0) is 48.7 Å². The lowest BCUT2D eigenvalue weighted by molar-refractivity contribution is -0.137. The van der Waals surface area contributed by atoms with E-state index in [1.54, 1.807) is 24.3 Å². The number of thiophene rings is 1. The summed E-state index contributed by atoms with van der Waals surface area (Å²) in [6.07, 6.45) is -1.02. The van der Waals surface area contributed by atoms with Crippen LogP contribution in [-0.4, -0.2) is 26.3 Å². The van der Waals surface area contributed by atoms with Crippen LogP contribution >= 0.6 is 34.7 Å². The molecule has 2 aromatic heterocycles. The van der Waals surface area contributed by atoms with Crippen LogP contribution in [0.3, 0.4) is 0 Å². The number of carbonyl (C=O) groups is 1. The van der Waals surface area contributed by atoms with Gasteiger partial charge < -0.3 is 5.32 Å². The van der Waals surface area contributed by atoms with Crippen LogP contribution < -0.4 is 5.32 Å². The number of carbonyl (C=O) groups excluding carboxylic acids is 1. The number of rotatable bonds is 6. The van der Waals surface area contributed by atoms with Crippen molar-refractivity contribution in [3.05, 3.63) is 57.0 Å². The fourth-order valence-corrected chi connectivity index (χ4v) is 3.76. The summed E-state index contributed by atoms with van der Waals surface area (Å²) in [5.41, 5.74) is -1.36. The Kier molecular flexibility index (Phi) is 6.66. The van der Waals surface area contributed by atoms with Crippen molar-refractivity contribution in [3.8, 4) is 0 Å². The predicted octanol–water partition coefficient (Wildman–Crippen LogP) is 5.83. The van der Waals surface area contributed by atoms with Crippen LogP contribution in [0.25, 0.3) is 12.2 Å². The first kappa shape index (κ1) is 21.4. The molecule has 5 nitrogen and oxygen atoms in total. The van der Waals surface area contributed by atoms with E-state index in [1.165, 1.54) is 6.07 Å². The number of alkyl halides is 3. The number of H-pyrrole nitrogens is 1. The normalized spacial score (nSPS) is 13.0. The minimum Gasteiger partial charge on any atom is -0.325 e. The summed E-state index contributed by atoms with van der Waals surface area (Å²) in [4.78, 5) is 17.7. The van der Waals surface area contributed by atoms with E-state index in [0.29, 0.717) is 11.0 Å². The molecular weight excluding hydrogens is 445 g/mol. The Labute approximate surface area is 177 Å². The van der Waals surface area contributed by atoms with Gasteiger partial charge in [0.15, 0.2) is 0 Å². The maximum atomic E-state index is 13.2. The summed E-state index contributed by atoms with van der Waals surface area (Å²) in [6, 6.07) is 7.06. The predicted molar refractivity (Wildman–Crippen MR) is 110 cm³/mol. The van der Waals surface area contributed by atoms with E-state index in [2.05, 4.69) is 20.5 Å². The van der Waals surface area contributed by atoms with Gasteiger partial charge in [-0.15, -0.1) is 16.4 Å². The number of aromatic amines is 1. The Morgan fingerprint density at radius 2 is 2.14 bits per heavy atom. The van der Waals surface area contributed by atoms with E-state index >= 15 is 0 Å². The number of thioether (sulfide) groups is 1. The van der Waals surface area contributed by atoms with Crippen LogP contribution in [0, 0.1) is 0 Å². The average Bonchev–Trinajstić information content (AvgIpc) is 3.32. The molecule has 3 aromatic rings. The van der Waals surface area contributed by atoms with Crippen molar-refractivity contribution >= 4 is 58.4 Å². The maximum absolute atomic E-state index is 13.2. The zero-order valence-corrected chi connectivity index (χ0v) is 17.2. The molecule has 0 aliphatic rings. The molecule has 0 aliphatic heterocycles. The number of amides is 1. The van der Waals surface area contributed by atoms with Crippen LogP contribution in [-0.2, 0) is 11.0 Å². The van der Waals surface area contributed by atoms with E-state index in [-0.39, 0.29) is 10.7 Å². The summed E-state index contributed by atoms with van der Waals surface area (Å²) in [6.45, 7) is 1.56. The fourth-order valence-electron chi connectivity index (χ4n) is 2.24. The first-order valence-electron chi connectivity index (χ1n) is 8.20. The molecule has 0 saturated heterocycles. The van der Waals surface area contributed by atoms with Gasteiger partial charge in [0, 0.05) is 9.90 Å². The lowest BCUT2D eigenvalue weighted by atomic mass is 10.1. The molecule has 1 aromatic carbocycles. The summed E-state index contributed by atoms with van der Waals surface area (Å²) in [5, 5.41) is 10.5. The second-order valence-corrected chi connectivity index (χ2v) is 8.51. The van der Waals surface area contributed by atoms with Gasteiger partial charge in [0.1, 0.15) is 5.82 Å². The number of aromatic nitrogens is 3. The molecule has 1 unspecified atom stereocenters. The van der Waals surface area contributed by atoms with Gasteiger partial charge in [0.05, 0.1) is 16.5 Å². The van der Waals surface area contributed by atoms with Gasteiger partial charge in [-0.1, -0.05) is 29.4 Å². The number of halogens is 4. The Morgan fingerprint density at radius 3 is 2.83 bits per heavy atom. The van der Waals surface area contributed by atoms with Crippen molar-refractivity contribution < 1.29 is 18.0 Å². The number of nitrogens with zero attached hydrogens (tertiary/aromatic N) is 2. The van der Waals surface area contributed by atoms with Gasteiger partial charge in [-0.2, -0.15) is 13.2 Å². The molecule has 152 valence electrons. The zero-order chi connectivity index (χ0) is 21.0. The van der Waals surface area contributed by atoms with Crippen molar-refractivity contribution in [3.63, 3.8) is 0 Å². The standard InChI is InChI=1S/C18H14ClF3N4OS2/c1-10(16(27)23-14-6-4-11(19)9-13(14)18(20,21)22)29-17-24-15(25-26-17)7-5-12-3-2-8-28-12/h2-10H,1H3,(H,23,27)(H,24,25,26)/b7-5+. The third-order valence-electron chi connectivity index (χ3n) is 3.63. The molecule has 0 radical (unpaired) electrons. The van der Waals surface area contributed by atoms with E-state index in [4.69, 9.17) is 11.6 Å². The first-order chi connectivity index (χ1) is 13.7. The molecule has 0 spiro atoms. The highest BCUT2D eigenvalue weighted by Crippen LogP contribution is 2.36. The molecule has 2 heterocycles. The summed E-state index contributed by atoms with van der Waals surface area (Å²) in [5.74, 6) is -0.103. The number of nitrogens with one attached hydrogen (secondary N) is 2. The second kappa shape index (κ2) is 9.02. The smallest absolute Gasteiger partial charge is 0.325 e. The first-order valence-corrected chi connectivity index (χ1v) is 10.3. The van der Waals surface area contributed by atoms with Crippen LogP contribution in [0.15, 0.2) is 40.9 Å². The average molecular weight is 459 g/mol. The molecule has 0 bridgehead atoms. The van der Waals surface area contributed by atoms with Crippen molar-refractivity contribution in [2.45, 2.75) is 23.5 Å². The second-order valence-electron chi connectivity index (χ2n) is 5.79. The van der Waals surface area contributed by atoms with Crippen molar-refractivity contribution in [1.29, 1.82) is 0 Å². The Balaban J connectivity index is 1.65. The van der Waals surface area contributed by atoms with E-state index in [1.807, 2.05) is 23.6 Å². The van der Waals surface area contributed by atoms with E-state index in [9.17, 15) is 18.0 Å². The monoisotopic (exact) mass is 458 g/mol. The highest BCUT2D eigenvalue weighted by Gasteiger charge is 2.34. The van der Waals surface area contributed by atoms with Gasteiger partial charge in [-0.25, -0.2) is 4.98 Å². The Morgan fingerprint density at radius 1 is 1.34 bits per heavy atom. The minimum absolute atomic E-state index is 0.0680. The van der Waals surface area contributed by atoms with Crippen molar-refractivity contribution in [1.82, 2.24) is 15.2 Å². The minimum atomic E-state index is -4.64. The molecular formula is C18H14ClF3N4OS2. The Bertz CT molecular complexity index is 1020. The van der Waals surface area contributed by atoms with E-state index < -0.39 is 22.9 Å². The number of hydrogen-bond acceptors (Lipinski definition) is 5. The molecule has 0 aliphatic carbocycles. The van der Waals surface area contributed by atoms with Gasteiger partial charge in [0.2, 0.25) is 11.1 Å². The molecule has 0 fully saturated rings. The lowest BCUT2D eigenvalue weighted by Crippen LogP contribution is -2.24. The lowest BCUT2D eigenvalue weighted by Gasteiger charge is -2.16. The van der Waals surface area contributed by atoms with Gasteiger partial charge in [0.25, 0.3) is 0 Å². The third-order valence-corrected chi connectivity index (χ3v) is 5.66. The van der Waals surface area contributed by atoms with Crippen LogP contribution in [0.2, 0.25) is 5.02 Å². The maximum Gasteiger partial charge on any atom is 0.418 e. The molecule has 3 rings (SSSR count). The zero-order valence-electron chi connectivity index (χ0n) is 14.8. The SMILES string of the molecule is CC(Sc1n[nH]c(/C=C/c2cccs2)n1)C(=O)Nc1ccc(Cl)cc1C(F)(F)F. The molecule has 0 saturated carbocycles. The summed E-state index contributed by atoms with van der Waals surface area (Å²) >= 11 is 8.25. The molecule has 11 heteroatoms. The van der Waals surface area contributed by atoms with Crippen LogP contribution in [0.1, 0.15) is 23.2 Å². The molecule has 1 amide bonds. The molecule has 2 N–H and O–H groups in total. The Hall–Kier alpha value is -2.30. The van der Waals surface area contributed by atoms with Crippen LogP contribution in [0.5, 0.6) is 0 Å². The molecule has 1 atom stereocenters. The topological polar surface area (TPSA) is 70.7 Å². The van der Waals surface area contributed by atoms with Crippen LogP contribution in [0.4, 0.5) is 18.9 Å². The largest absolute Gasteiger partial charge is 0.418 e. The number of anilines is 1. The molecule has 29 heavy (non-hydrogen) atoms. The van der Waals surface area contributed by atoms with Crippen molar-refractivity contribution in [2.24, 2.45) is 0 Å². The summed E-state index contributed by atoms with van der Waals surface area (Å²) in [7, 11) is 0. The summed E-state index contributed by atoms with van der Waals surface area (Å²) < 4.78 is 39.5. The van der Waals surface area contributed by atoms with Crippen molar-refractivity contribution in [2.75, 3.05) is 5.32 Å². The van der Waals surface area contributed by atoms with Gasteiger partial charge in [-0.3, -0.25) is 9.89 Å². The highest BCUT2D eigenvalue weighted by molar-refractivity contribution is 8.00. The highest BCUT2D eigenvalue weighted by atomic mass is 35.5. The third kappa shape index (κ3) is 5.84. The fraction of sp³-hybridized carbons (Fsp3) is 0.167. The van der Waals surface area contributed by atoms with E-state index in [0.717, 1.165) is 28.8 Å². The van der Waals surface area contributed by atoms with Gasteiger partial charge >= 0.3 is 6.18 Å². The number of hydrogen-bond donors (Lipinski definition) is 2.